The molecule has 0 saturated carbocycles. The fourth-order valence-corrected chi connectivity index (χ4v) is 3.29. The van der Waals surface area contributed by atoms with Crippen molar-refractivity contribution in [3.8, 4) is 5.75 Å². The molecule has 1 aromatic carbocycles. The first-order chi connectivity index (χ1) is 12.7. The van der Waals surface area contributed by atoms with Crippen molar-refractivity contribution >= 4 is 22.9 Å². The summed E-state index contributed by atoms with van der Waals surface area (Å²) in [7, 11) is 0. The van der Waals surface area contributed by atoms with Crippen LogP contribution in [0.25, 0.3) is 0 Å². The second kappa shape index (κ2) is 9.10. The van der Waals surface area contributed by atoms with E-state index in [0.29, 0.717) is 6.61 Å². The molecule has 0 aliphatic rings. The van der Waals surface area contributed by atoms with Crippen LogP contribution in [0.1, 0.15) is 23.3 Å². The van der Waals surface area contributed by atoms with Crippen molar-refractivity contribution in [1.82, 2.24) is 9.97 Å². The first-order valence-corrected chi connectivity index (χ1v) is 9.47. The number of benzene rings is 1. The Kier molecular flexibility index (Phi) is 6.33. The molecule has 6 heteroatoms. The molecule has 0 bridgehead atoms. The van der Waals surface area contributed by atoms with Crippen LogP contribution >= 0.6 is 11.3 Å². The normalized spacial score (nSPS) is 10.5. The summed E-state index contributed by atoms with van der Waals surface area (Å²) < 4.78 is 5.39. The van der Waals surface area contributed by atoms with Gasteiger partial charge in [0, 0.05) is 29.4 Å². The lowest BCUT2D eigenvalue weighted by molar-refractivity contribution is -0.115. The van der Waals surface area contributed by atoms with Gasteiger partial charge in [-0.15, -0.1) is 11.3 Å². The van der Waals surface area contributed by atoms with Gasteiger partial charge in [0.05, 0.1) is 23.7 Å². The number of rotatable bonds is 8. The molecule has 0 radical (unpaired) electrons. The molecule has 2 heterocycles. The van der Waals surface area contributed by atoms with Gasteiger partial charge in [0.2, 0.25) is 5.91 Å². The minimum atomic E-state index is -0.0734. The van der Waals surface area contributed by atoms with E-state index in [0.717, 1.165) is 40.7 Å². The van der Waals surface area contributed by atoms with E-state index in [2.05, 4.69) is 15.3 Å². The number of carbonyl (C=O) groups excluding carboxylic acids is 1. The standard InChI is InChI=1S/C20H21N3O2S/c1-2-25-18-9-6-16(7-10-18)22-19(24)13-17-14-26-20(23-17)11-8-15-5-3-4-12-21-15/h3-7,9-10,12,14H,2,8,11,13H2,1H3,(H,22,24). The van der Waals surface area contributed by atoms with Crippen molar-refractivity contribution in [2.75, 3.05) is 11.9 Å². The van der Waals surface area contributed by atoms with Gasteiger partial charge in [-0.2, -0.15) is 0 Å². The summed E-state index contributed by atoms with van der Waals surface area (Å²) in [5.41, 5.74) is 2.61. The molecule has 0 fully saturated rings. The third kappa shape index (κ3) is 5.39. The smallest absolute Gasteiger partial charge is 0.230 e. The van der Waals surface area contributed by atoms with Crippen molar-refractivity contribution in [2.45, 2.75) is 26.2 Å². The minimum absolute atomic E-state index is 0.0734. The highest BCUT2D eigenvalue weighted by Gasteiger charge is 2.09. The van der Waals surface area contributed by atoms with Crippen LogP contribution in [0.3, 0.4) is 0 Å². The van der Waals surface area contributed by atoms with E-state index in [4.69, 9.17) is 4.74 Å². The first-order valence-electron chi connectivity index (χ1n) is 8.59. The summed E-state index contributed by atoms with van der Waals surface area (Å²) in [6.07, 6.45) is 3.76. The van der Waals surface area contributed by atoms with Gasteiger partial charge in [0.25, 0.3) is 0 Å². The van der Waals surface area contributed by atoms with Crippen LogP contribution < -0.4 is 10.1 Å². The molecule has 3 aromatic rings. The van der Waals surface area contributed by atoms with Crippen LogP contribution in [0.2, 0.25) is 0 Å². The molecular formula is C20H21N3O2S. The van der Waals surface area contributed by atoms with E-state index in [1.54, 1.807) is 17.5 Å². The molecule has 0 spiro atoms. The topological polar surface area (TPSA) is 64.1 Å². The van der Waals surface area contributed by atoms with Crippen LogP contribution in [0.4, 0.5) is 5.69 Å². The first kappa shape index (κ1) is 18.1. The maximum Gasteiger partial charge on any atom is 0.230 e. The van der Waals surface area contributed by atoms with Gasteiger partial charge in [-0.3, -0.25) is 9.78 Å². The van der Waals surface area contributed by atoms with Crippen LogP contribution in [0, 0.1) is 0 Å². The summed E-state index contributed by atoms with van der Waals surface area (Å²) >= 11 is 1.59. The molecule has 1 N–H and O–H groups in total. The molecule has 134 valence electrons. The molecule has 0 aliphatic carbocycles. The zero-order valence-corrected chi connectivity index (χ0v) is 15.5. The van der Waals surface area contributed by atoms with Crippen LogP contribution in [0.15, 0.2) is 54.0 Å². The number of thiazole rings is 1. The predicted octanol–water partition coefficient (Wildman–Crippen LogP) is 3.90. The van der Waals surface area contributed by atoms with E-state index in [9.17, 15) is 4.79 Å². The number of nitrogens with one attached hydrogen (secondary N) is 1. The fraction of sp³-hybridized carbons (Fsp3) is 0.250. The molecule has 26 heavy (non-hydrogen) atoms. The lowest BCUT2D eigenvalue weighted by Gasteiger charge is -2.06. The summed E-state index contributed by atoms with van der Waals surface area (Å²) in [5, 5.41) is 5.86. The lowest BCUT2D eigenvalue weighted by Crippen LogP contribution is -2.14. The van der Waals surface area contributed by atoms with Crippen LogP contribution in [-0.2, 0) is 24.1 Å². The number of hydrogen-bond donors (Lipinski definition) is 1. The van der Waals surface area contributed by atoms with Gasteiger partial charge in [0.15, 0.2) is 0 Å². The average molecular weight is 367 g/mol. The van der Waals surface area contributed by atoms with Gasteiger partial charge in [-0.1, -0.05) is 6.07 Å². The number of ether oxygens (including phenoxy) is 1. The maximum absolute atomic E-state index is 12.2. The SMILES string of the molecule is CCOc1ccc(NC(=O)Cc2csc(CCc3ccccn3)n2)cc1. The molecule has 2 aromatic heterocycles. The van der Waals surface area contributed by atoms with Gasteiger partial charge < -0.3 is 10.1 Å². The number of nitrogens with zero attached hydrogens (tertiary/aromatic N) is 2. The number of anilines is 1. The monoisotopic (exact) mass is 367 g/mol. The zero-order valence-electron chi connectivity index (χ0n) is 14.6. The molecule has 1 amide bonds. The van der Waals surface area contributed by atoms with Crippen LogP contribution in [0.5, 0.6) is 5.75 Å². The van der Waals surface area contributed by atoms with E-state index in [1.165, 1.54) is 0 Å². The summed E-state index contributed by atoms with van der Waals surface area (Å²) in [6.45, 7) is 2.56. The highest BCUT2D eigenvalue weighted by atomic mass is 32.1. The Morgan fingerprint density at radius 2 is 1.96 bits per heavy atom. The van der Waals surface area contributed by atoms with Crippen molar-refractivity contribution in [3.63, 3.8) is 0 Å². The Bertz CT molecular complexity index is 832. The summed E-state index contributed by atoms with van der Waals surface area (Å²) in [6, 6.07) is 13.3. The van der Waals surface area contributed by atoms with Gasteiger partial charge in [0.1, 0.15) is 5.75 Å². The van der Waals surface area contributed by atoms with Crippen molar-refractivity contribution in [3.05, 3.63) is 70.4 Å². The van der Waals surface area contributed by atoms with Gasteiger partial charge in [-0.25, -0.2) is 4.98 Å². The van der Waals surface area contributed by atoms with Crippen molar-refractivity contribution < 1.29 is 9.53 Å². The number of carbonyl (C=O) groups is 1. The largest absolute Gasteiger partial charge is 0.494 e. The van der Waals surface area contributed by atoms with Gasteiger partial charge >= 0.3 is 0 Å². The highest BCUT2D eigenvalue weighted by molar-refractivity contribution is 7.09. The molecule has 0 atom stereocenters. The lowest BCUT2D eigenvalue weighted by atomic mass is 10.2. The molecule has 5 nitrogen and oxygen atoms in total. The predicted molar refractivity (Wildman–Crippen MR) is 104 cm³/mol. The third-order valence-electron chi connectivity index (χ3n) is 3.71. The second-order valence-corrected chi connectivity index (χ2v) is 6.68. The molecule has 3 rings (SSSR count). The van der Waals surface area contributed by atoms with E-state index < -0.39 is 0 Å². The number of aryl methyl sites for hydroxylation is 2. The Hall–Kier alpha value is -2.73. The Morgan fingerprint density at radius 3 is 2.69 bits per heavy atom. The van der Waals surface area contributed by atoms with Crippen LogP contribution in [-0.4, -0.2) is 22.5 Å². The number of pyridine rings is 1. The van der Waals surface area contributed by atoms with E-state index in [-0.39, 0.29) is 12.3 Å². The molecule has 0 aliphatic heterocycles. The Labute approximate surface area is 157 Å². The van der Waals surface area contributed by atoms with Crippen molar-refractivity contribution in [2.24, 2.45) is 0 Å². The highest BCUT2D eigenvalue weighted by Crippen LogP contribution is 2.17. The fourth-order valence-electron chi connectivity index (χ4n) is 2.50. The minimum Gasteiger partial charge on any atom is -0.494 e. The van der Waals surface area contributed by atoms with E-state index >= 15 is 0 Å². The molecule has 0 saturated heterocycles. The Balaban J connectivity index is 1.49. The van der Waals surface area contributed by atoms with Gasteiger partial charge in [-0.05, 0) is 49.7 Å². The Morgan fingerprint density at radius 1 is 1.12 bits per heavy atom. The maximum atomic E-state index is 12.2. The van der Waals surface area contributed by atoms with E-state index in [1.807, 2.05) is 54.8 Å². The van der Waals surface area contributed by atoms with Crippen molar-refractivity contribution in [1.29, 1.82) is 0 Å². The molecular weight excluding hydrogens is 346 g/mol. The molecule has 0 unspecified atom stereocenters. The quantitative estimate of drug-likeness (QED) is 0.656. The summed E-state index contributed by atoms with van der Waals surface area (Å²) in [5.74, 6) is 0.721. The zero-order chi connectivity index (χ0) is 18.2. The number of aromatic nitrogens is 2. The second-order valence-electron chi connectivity index (χ2n) is 5.74. The number of hydrogen-bond acceptors (Lipinski definition) is 5. The number of amides is 1. The third-order valence-corrected chi connectivity index (χ3v) is 4.67. The average Bonchev–Trinajstić information content (AvgIpc) is 3.10. The summed E-state index contributed by atoms with van der Waals surface area (Å²) in [4.78, 5) is 21.1.